The lowest BCUT2D eigenvalue weighted by atomic mass is 10.0. The standard InChI is InChI=1S/C18H22ClN3O2/c1-2-3-7-16(23)22-12-5-4-6-15(22)18-20-17(21-24-18)13-8-10-14(19)11-9-13/h8-11,15H,2-7,12H2,1H3/t15-/m1/s1. The first-order valence-corrected chi connectivity index (χ1v) is 8.96. The van der Waals surface area contributed by atoms with Crippen LogP contribution in [0.25, 0.3) is 11.4 Å². The summed E-state index contributed by atoms with van der Waals surface area (Å²) in [5, 5.41) is 4.75. The van der Waals surface area contributed by atoms with Crippen molar-refractivity contribution in [1.82, 2.24) is 15.0 Å². The molecule has 6 heteroatoms. The van der Waals surface area contributed by atoms with Crippen molar-refractivity contribution in [3.63, 3.8) is 0 Å². The van der Waals surface area contributed by atoms with Crippen LogP contribution in [0.2, 0.25) is 5.02 Å². The van der Waals surface area contributed by atoms with E-state index in [2.05, 4.69) is 17.1 Å². The molecule has 1 aromatic carbocycles. The van der Waals surface area contributed by atoms with E-state index < -0.39 is 0 Å². The molecule has 1 fully saturated rings. The first-order valence-electron chi connectivity index (χ1n) is 8.58. The van der Waals surface area contributed by atoms with Gasteiger partial charge in [0.1, 0.15) is 6.04 Å². The first-order chi connectivity index (χ1) is 11.7. The van der Waals surface area contributed by atoms with Crippen LogP contribution in [-0.4, -0.2) is 27.5 Å². The minimum atomic E-state index is -0.100. The van der Waals surface area contributed by atoms with Crippen molar-refractivity contribution in [1.29, 1.82) is 0 Å². The van der Waals surface area contributed by atoms with Gasteiger partial charge in [-0.2, -0.15) is 4.98 Å². The number of nitrogens with zero attached hydrogens (tertiary/aromatic N) is 3. The van der Waals surface area contributed by atoms with Crippen LogP contribution in [0.1, 0.15) is 57.4 Å². The predicted molar refractivity (Wildman–Crippen MR) is 92.6 cm³/mol. The monoisotopic (exact) mass is 347 g/mol. The Bertz CT molecular complexity index is 684. The van der Waals surface area contributed by atoms with Crippen molar-refractivity contribution in [2.75, 3.05) is 6.54 Å². The number of unbranched alkanes of at least 4 members (excludes halogenated alkanes) is 1. The van der Waals surface area contributed by atoms with E-state index in [4.69, 9.17) is 16.1 Å². The molecule has 0 radical (unpaired) electrons. The van der Waals surface area contributed by atoms with Crippen LogP contribution in [0, 0.1) is 0 Å². The van der Waals surface area contributed by atoms with E-state index >= 15 is 0 Å². The summed E-state index contributed by atoms with van der Waals surface area (Å²) in [5.41, 5.74) is 0.856. The van der Waals surface area contributed by atoms with E-state index in [-0.39, 0.29) is 11.9 Å². The van der Waals surface area contributed by atoms with Gasteiger partial charge in [-0.1, -0.05) is 30.1 Å². The van der Waals surface area contributed by atoms with Gasteiger partial charge in [-0.3, -0.25) is 4.79 Å². The Morgan fingerprint density at radius 2 is 2.12 bits per heavy atom. The number of amides is 1. The van der Waals surface area contributed by atoms with Crippen molar-refractivity contribution in [2.45, 2.75) is 51.5 Å². The molecule has 0 spiro atoms. The molecule has 5 nitrogen and oxygen atoms in total. The fourth-order valence-corrected chi connectivity index (χ4v) is 3.17. The molecule has 24 heavy (non-hydrogen) atoms. The molecule has 0 saturated carbocycles. The van der Waals surface area contributed by atoms with Crippen molar-refractivity contribution >= 4 is 17.5 Å². The van der Waals surface area contributed by atoms with E-state index in [9.17, 15) is 4.79 Å². The van der Waals surface area contributed by atoms with Crippen LogP contribution in [0.5, 0.6) is 0 Å². The van der Waals surface area contributed by atoms with Gasteiger partial charge in [-0.05, 0) is 49.9 Å². The molecule has 1 aromatic heterocycles. The number of halogens is 1. The van der Waals surface area contributed by atoms with Gasteiger partial charge in [0.2, 0.25) is 17.6 Å². The lowest BCUT2D eigenvalue weighted by Crippen LogP contribution is -2.38. The zero-order valence-corrected chi connectivity index (χ0v) is 14.6. The minimum absolute atomic E-state index is 0.100. The molecular formula is C18H22ClN3O2. The van der Waals surface area contributed by atoms with E-state index in [1.54, 1.807) is 12.1 Å². The third-order valence-electron chi connectivity index (χ3n) is 4.40. The SMILES string of the molecule is CCCCC(=O)N1CCCC[C@@H]1c1nc(-c2ccc(Cl)cc2)no1. The summed E-state index contributed by atoms with van der Waals surface area (Å²) in [6, 6.07) is 7.23. The fraction of sp³-hybridized carbons (Fsp3) is 0.500. The highest BCUT2D eigenvalue weighted by atomic mass is 35.5. The summed E-state index contributed by atoms with van der Waals surface area (Å²) >= 11 is 5.91. The molecule has 0 aliphatic carbocycles. The smallest absolute Gasteiger partial charge is 0.249 e. The molecule has 0 bridgehead atoms. The van der Waals surface area contributed by atoms with Gasteiger partial charge in [0.25, 0.3) is 0 Å². The van der Waals surface area contributed by atoms with Crippen molar-refractivity contribution in [3.8, 4) is 11.4 Å². The number of likely N-dealkylation sites (tertiary alicyclic amines) is 1. The number of carbonyl (C=O) groups is 1. The Balaban J connectivity index is 1.78. The Hall–Kier alpha value is -1.88. The molecular weight excluding hydrogens is 326 g/mol. The van der Waals surface area contributed by atoms with Crippen LogP contribution in [0.15, 0.2) is 28.8 Å². The second-order valence-corrected chi connectivity index (χ2v) is 6.60. The number of piperidine rings is 1. The molecule has 1 aliphatic heterocycles. The topological polar surface area (TPSA) is 59.2 Å². The average molecular weight is 348 g/mol. The lowest BCUT2D eigenvalue weighted by Gasteiger charge is -2.33. The van der Waals surface area contributed by atoms with E-state index in [0.29, 0.717) is 23.2 Å². The highest BCUT2D eigenvalue weighted by Crippen LogP contribution is 2.32. The quantitative estimate of drug-likeness (QED) is 0.790. The Labute approximate surface area is 147 Å². The normalized spacial score (nSPS) is 17.9. The molecule has 0 N–H and O–H groups in total. The van der Waals surface area contributed by atoms with E-state index in [0.717, 1.165) is 44.2 Å². The highest BCUT2D eigenvalue weighted by Gasteiger charge is 2.31. The summed E-state index contributed by atoms with van der Waals surface area (Å²) in [7, 11) is 0. The molecule has 1 atom stereocenters. The zero-order valence-electron chi connectivity index (χ0n) is 13.9. The van der Waals surface area contributed by atoms with Gasteiger partial charge in [0, 0.05) is 23.6 Å². The van der Waals surface area contributed by atoms with Crippen LogP contribution < -0.4 is 0 Å². The van der Waals surface area contributed by atoms with Crippen molar-refractivity contribution in [2.24, 2.45) is 0 Å². The number of benzene rings is 1. The molecule has 128 valence electrons. The van der Waals surface area contributed by atoms with Gasteiger partial charge in [0.15, 0.2) is 0 Å². The van der Waals surface area contributed by atoms with Gasteiger partial charge in [-0.25, -0.2) is 0 Å². The summed E-state index contributed by atoms with van der Waals surface area (Å²) < 4.78 is 5.49. The highest BCUT2D eigenvalue weighted by molar-refractivity contribution is 6.30. The number of carbonyl (C=O) groups excluding carboxylic acids is 1. The van der Waals surface area contributed by atoms with Crippen molar-refractivity contribution < 1.29 is 9.32 Å². The molecule has 1 aliphatic rings. The number of aromatic nitrogens is 2. The fourth-order valence-electron chi connectivity index (χ4n) is 3.05. The predicted octanol–water partition coefficient (Wildman–Crippen LogP) is 4.63. The van der Waals surface area contributed by atoms with Crippen LogP contribution >= 0.6 is 11.6 Å². The van der Waals surface area contributed by atoms with Crippen molar-refractivity contribution in [3.05, 3.63) is 35.2 Å². The summed E-state index contributed by atoms with van der Waals surface area (Å²) in [6.07, 6.45) is 5.51. The second-order valence-electron chi connectivity index (χ2n) is 6.17. The lowest BCUT2D eigenvalue weighted by molar-refractivity contribution is -0.135. The van der Waals surface area contributed by atoms with Crippen LogP contribution in [0.3, 0.4) is 0 Å². The third-order valence-corrected chi connectivity index (χ3v) is 4.65. The molecule has 2 heterocycles. The number of hydrogen-bond acceptors (Lipinski definition) is 4. The summed E-state index contributed by atoms with van der Waals surface area (Å²) in [6.45, 7) is 2.86. The van der Waals surface area contributed by atoms with E-state index in [1.807, 2.05) is 17.0 Å². The maximum atomic E-state index is 12.5. The van der Waals surface area contributed by atoms with Crippen LogP contribution in [0.4, 0.5) is 0 Å². The molecule has 0 unspecified atom stereocenters. The van der Waals surface area contributed by atoms with Gasteiger partial charge < -0.3 is 9.42 Å². The second kappa shape index (κ2) is 7.79. The maximum absolute atomic E-state index is 12.5. The van der Waals surface area contributed by atoms with Crippen LogP contribution in [-0.2, 0) is 4.79 Å². The average Bonchev–Trinajstić information content (AvgIpc) is 3.10. The Morgan fingerprint density at radius 1 is 1.33 bits per heavy atom. The Kier molecular flexibility index (Phi) is 5.51. The molecule has 2 aromatic rings. The van der Waals surface area contributed by atoms with Gasteiger partial charge in [-0.15, -0.1) is 0 Å². The zero-order chi connectivity index (χ0) is 16.9. The summed E-state index contributed by atoms with van der Waals surface area (Å²) in [4.78, 5) is 18.9. The van der Waals surface area contributed by atoms with Gasteiger partial charge in [0.05, 0.1) is 0 Å². The molecule has 1 saturated heterocycles. The minimum Gasteiger partial charge on any atom is -0.337 e. The molecule has 1 amide bonds. The largest absolute Gasteiger partial charge is 0.337 e. The third kappa shape index (κ3) is 3.78. The first kappa shape index (κ1) is 17.0. The summed E-state index contributed by atoms with van der Waals surface area (Å²) in [5.74, 6) is 1.26. The maximum Gasteiger partial charge on any atom is 0.249 e. The number of rotatable bonds is 5. The number of hydrogen-bond donors (Lipinski definition) is 0. The Morgan fingerprint density at radius 3 is 2.88 bits per heavy atom. The molecule has 3 rings (SSSR count). The van der Waals surface area contributed by atoms with Gasteiger partial charge >= 0.3 is 0 Å². The van der Waals surface area contributed by atoms with E-state index in [1.165, 1.54) is 0 Å².